The van der Waals surface area contributed by atoms with Gasteiger partial charge in [0.05, 0.1) is 5.70 Å². The second-order valence-corrected chi connectivity index (χ2v) is 6.36. The lowest BCUT2D eigenvalue weighted by molar-refractivity contribution is -0.117. The van der Waals surface area contributed by atoms with Gasteiger partial charge in [0.15, 0.2) is 5.78 Å². The predicted molar refractivity (Wildman–Crippen MR) is 81.1 cm³/mol. The number of ketones is 1. The highest BCUT2D eigenvalue weighted by Gasteiger charge is 2.34. The van der Waals surface area contributed by atoms with Crippen LogP contribution in [-0.4, -0.2) is 36.9 Å². The Bertz CT molecular complexity index is 335. The molecule has 0 radical (unpaired) electrons. The van der Waals surface area contributed by atoms with Crippen LogP contribution in [0.4, 0.5) is 0 Å². The van der Waals surface area contributed by atoms with Crippen LogP contribution in [0.5, 0.6) is 0 Å². The zero-order valence-electron chi connectivity index (χ0n) is 13.3. The molecule has 0 fully saturated rings. The van der Waals surface area contributed by atoms with E-state index in [-0.39, 0.29) is 11.2 Å². The minimum absolute atomic E-state index is 0.122. The summed E-state index contributed by atoms with van der Waals surface area (Å²) in [5, 5.41) is 3.35. The molecular weight excluding hydrogens is 236 g/mol. The van der Waals surface area contributed by atoms with Crippen molar-refractivity contribution in [2.24, 2.45) is 5.41 Å². The molecule has 0 bridgehead atoms. The molecule has 0 saturated carbocycles. The molecule has 0 spiro atoms. The molecule has 1 rings (SSSR count). The number of nitrogens with zero attached hydrogens (tertiary/aromatic N) is 1. The van der Waals surface area contributed by atoms with E-state index in [9.17, 15) is 4.79 Å². The highest BCUT2D eigenvalue weighted by molar-refractivity contribution is 6.04. The summed E-state index contributed by atoms with van der Waals surface area (Å²) in [6.07, 6.45) is 2.97. The van der Waals surface area contributed by atoms with Gasteiger partial charge in [-0.25, -0.2) is 0 Å². The fourth-order valence-electron chi connectivity index (χ4n) is 2.46. The molecule has 0 unspecified atom stereocenters. The molecule has 110 valence electrons. The van der Waals surface area contributed by atoms with Gasteiger partial charge in [0, 0.05) is 13.0 Å². The number of allylic oxidation sites excluding steroid dienone is 2. The van der Waals surface area contributed by atoms with Crippen molar-refractivity contribution in [1.82, 2.24) is 10.2 Å². The minimum atomic E-state index is 0.122. The van der Waals surface area contributed by atoms with Crippen LogP contribution in [0.25, 0.3) is 0 Å². The third kappa shape index (κ3) is 4.64. The van der Waals surface area contributed by atoms with E-state index >= 15 is 0 Å². The molecule has 0 aliphatic heterocycles. The molecule has 1 aliphatic rings. The van der Waals surface area contributed by atoms with Gasteiger partial charge in [-0.3, -0.25) is 4.79 Å². The van der Waals surface area contributed by atoms with Gasteiger partial charge in [0.25, 0.3) is 0 Å². The van der Waals surface area contributed by atoms with Crippen molar-refractivity contribution in [2.75, 3.05) is 26.2 Å². The molecule has 3 nitrogen and oxygen atoms in total. The number of nitrogens with one attached hydrogen (secondary N) is 1. The number of unbranched alkanes of at least 4 members (excludes halogenated alkanes) is 1. The van der Waals surface area contributed by atoms with Gasteiger partial charge in [-0.1, -0.05) is 34.6 Å². The molecule has 1 aliphatic carbocycles. The zero-order valence-corrected chi connectivity index (χ0v) is 13.3. The van der Waals surface area contributed by atoms with Gasteiger partial charge < -0.3 is 10.2 Å². The van der Waals surface area contributed by atoms with Crippen molar-refractivity contribution < 1.29 is 4.79 Å². The van der Waals surface area contributed by atoms with Gasteiger partial charge >= 0.3 is 0 Å². The molecule has 1 N–H and O–H groups in total. The number of carbonyl (C=O) groups excluding carboxylic acids is 1. The molecule has 0 atom stereocenters. The molecule has 3 heteroatoms. The Morgan fingerprint density at radius 1 is 1.16 bits per heavy atom. The summed E-state index contributed by atoms with van der Waals surface area (Å²) in [4.78, 5) is 14.1. The average molecular weight is 266 g/mol. The Balaban J connectivity index is 2.28. The smallest absolute Gasteiger partial charge is 0.182 e. The summed E-state index contributed by atoms with van der Waals surface area (Å²) in [5.74, 6) is 0.286. The molecule has 0 heterocycles. The van der Waals surface area contributed by atoms with E-state index in [0.29, 0.717) is 6.42 Å². The second-order valence-electron chi connectivity index (χ2n) is 6.36. The maximum Gasteiger partial charge on any atom is 0.182 e. The number of Topliss-reactive ketones (excluding diaryl/α,β-unsaturated/α-hetero) is 1. The Hall–Kier alpha value is -0.830. The maximum atomic E-state index is 11.6. The Labute approximate surface area is 118 Å². The van der Waals surface area contributed by atoms with Crippen LogP contribution < -0.4 is 5.32 Å². The van der Waals surface area contributed by atoms with E-state index in [0.717, 1.165) is 38.3 Å². The largest absolute Gasteiger partial charge is 0.382 e. The molecule has 0 aromatic carbocycles. The molecular formula is C16H30N2O. The standard InChI is InChI=1S/C16H30N2O/c1-6-18(7-2)11-9-8-10-17-15-13(12-14(15)19)16(3,4)5/h17H,6-12H2,1-5H3. The van der Waals surface area contributed by atoms with E-state index in [2.05, 4.69) is 44.8 Å². The van der Waals surface area contributed by atoms with Crippen molar-refractivity contribution in [3.63, 3.8) is 0 Å². The summed E-state index contributed by atoms with van der Waals surface area (Å²) in [7, 11) is 0. The van der Waals surface area contributed by atoms with E-state index in [1.54, 1.807) is 0 Å². The SMILES string of the molecule is CCN(CC)CCCCNC1=C(C(C)(C)C)CC1=O. The van der Waals surface area contributed by atoms with Crippen LogP contribution in [0.2, 0.25) is 0 Å². The quantitative estimate of drug-likeness (QED) is 0.686. The molecule has 0 amide bonds. The molecule has 0 aromatic rings. The fraction of sp³-hybridized carbons (Fsp3) is 0.812. The first-order valence-electron chi connectivity index (χ1n) is 7.63. The lowest BCUT2D eigenvalue weighted by Gasteiger charge is -2.33. The number of hydrogen-bond donors (Lipinski definition) is 1. The van der Waals surface area contributed by atoms with E-state index in [1.807, 2.05) is 0 Å². The van der Waals surface area contributed by atoms with Gasteiger partial charge in [0.1, 0.15) is 0 Å². The monoisotopic (exact) mass is 266 g/mol. The number of rotatable bonds is 8. The normalized spacial score (nSPS) is 16.0. The van der Waals surface area contributed by atoms with Crippen LogP contribution in [0.15, 0.2) is 11.3 Å². The van der Waals surface area contributed by atoms with Gasteiger partial charge in [-0.05, 0) is 43.5 Å². The van der Waals surface area contributed by atoms with Crippen LogP contribution in [0, 0.1) is 5.41 Å². The zero-order chi connectivity index (χ0) is 14.5. The summed E-state index contributed by atoms with van der Waals surface area (Å²) in [6, 6.07) is 0. The van der Waals surface area contributed by atoms with Crippen molar-refractivity contribution in [3.8, 4) is 0 Å². The molecule has 0 aromatic heterocycles. The van der Waals surface area contributed by atoms with Gasteiger partial charge in [0.2, 0.25) is 0 Å². The first-order chi connectivity index (χ1) is 8.90. The Morgan fingerprint density at radius 2 is 1.79 bits per heavy atom. The third-order valence-corrected chi connectivity index (χ3v) is 3.92. The highest BCUT2D eigenvalue weighted by atomic mass is 16.1. The lowest BCUT2D eigenvalue weighted by atomic mass is 9.75. The van der Waals surface area contributed by atoms with Gasteiger partial charge in [-0.2, -0.15) is 0 Å². The summed E-state index contributed by atoms with van der Waals surface area (Å²) in [5.41, 5.74) is 2.31. The molecule has 0 saturated heterocycles. The van der Waals surface area contributed by atoms with Gasteiger partial charge in [-0.15, -0.1) is 0 Å². The number of hydrogen-bond acceptors (Lipinski definition) is 3. The molecule has 19 heavy (non-hydrogen) atoms. The first-order valence-corrected chi connectivity index (χ1v) is 7.63. The fourth-order valence-corrected chi connectivity index (χ4v) is 2.46. The van der Waals surface area contributed by atoms with Crippen molar-refractivity contribution in [1.29, 1.82) is 0 Å². The topological polar surface area (TPSA) is 32.3 Å². The van der Waals surface area contributed by atoms with E-state index < -0.39 is 0 Å². The Kier molecular flexibility index (Phi) is 6.05. The summed E-state index contributed by atoms with van der Waals surface area (Å²) >= 11 is 0. The third-order valence-electron chi connectivity index (χ3n) is 3.92. The lowest BCUT2D eigenvalue weighted by Crippen LogP contribution is -2.36. The summed E-state index contributed by atoms with van der Waals surface area (Å²) < 4.78 is 0. The van der Waals surface area contributed by atoms with Crippen molar-refractivity contribution in [3.05, 3.63) is 11.3 Å². The first kappa shape index (κ1) is 16.2. The number of carbonyl (C=O) groups is 1. The Morgan fingerprint density at radius 3 is 2.26 bits per heavy atom. The van der Waals surface area contributed by atoms with Crippen molar-refractivity contribution in [2.45, 2.75) is 53.9 Å². The van der Waals surface area contributed by atoms with Crippen LogP contribution in [-0.2, 0) is 4.79 Å². The summed E-state index contributed by atoms with van der Waals surface area (Å²) in [6.45, 7) is 15.3. The van der Waals surface area contributed by atoms with E-state index in [4.69, 9.17) is 0 Å². The van der Waals surface area contributed by atoms with E-state index in [1.165, 1.54) is 12.0 Å². The van der Waals surface area contributed by atoms with Crippen LogP contribution in [0.1, 0.15) is 53.9 Å². The average Bonchev–Trinajstić information content (AvgIpc) is 2.33. The maximum absolute atomic E-state index is 11.6. The minimum Gasteiger partial charge on any atom is -0.382 e. The van der Waals surface area contributed by atoms with Crippen molar-refractivity contribution >= 4 is 5.78 Å². The second kappa shape index (κ2) is 7.09. The predicted octanol–water partition coefficient (Wildman–Crippen LogP) is 2.97. The highest BCUT2D eigenvalue weighted by Crippen LogP contribution is 2.37. The van der Waals surface area contributed by atoms with Crippen LogP contribution in [0.3, 0.4) is 0 Å². The van der Waals surface area contributed by atoms with Crippen LogP contribution >= 0.6 is 0 Å².